The molecule has 0 aliphatic carbocycles. The summed E-state index contributed by atoms with van der Waals surface area (Å²) in [5, 5.41) is 10.6. The van der Waals surface area contributed by atoms with Crippen LogP contribution in [0.2, 0.25) is 0 Å². The van der Waals surface area contributed by atoms with Crippen molar-refractivity contribution in [2.24, 2.45) is 0 Å². The first-order valence-corrected chi connectivity index (χ1v) is 8.44. The molecule has 0 saturated heterocycles. The zero-order valence-corrected chi connectivity index (χ0v) is 13.2. The third kappa shape index (κ3) is 4.09. The third-order valence-corrected chi connectivity index (χ3v) is 4.70. The van der Waals surface area contributed by atoms with Crippen molar-refractivity contribution < 1.29 is 18.5 Å². The number of hydrogen-bond donors (Lipinski definition) is 0. The van der Waals surface area contributed by atoms with Crippen LogP contribution in [0.3, 0.4) is 0 Å². The minimum absolute atomic E-state index is 0.0573. The standard InChI is InChI=1S/C15H16NO5P/c1-3-22(19,20-14-8-4-12(2)5-9-14)21-15-10-6-13(7-11-15)16(17)18/h4-11H,3H2,1-2H3. The lowest BCUT2D eigenvalue weighted by Gasteiger charge is -2.18. The highest BCUT2D eigenvalue weighted by Gasteiger charge is 2.25. The van der Waals surface area contributed by atoms with Gasteiger partial charge in [-0.15, -0.1) is 0 Å². The van der Waals surface area contributed by atoms with E-state index in [2.05, 4.69) is 0 Å². The van der Waals surface area contributed by atoms with E-state index >= 15 is 0 Å². The van der Waals surface area contributed by atoms with Gasteiger partial charge in [-0.05, 0) is 31.2 Å². The molecule has 0 aliphatic rings. The summed E-state index contributed by atoms with van der Waals surface area (Å²) >= 11 is 0. The number of benzene rings is 2. The first-order chi connectivity index (χ1) is 10.4. The quantitative estimate of drug-likeness (QED) is 0.442. The van der Waals surface area contributed by atoms with E-state index in [9.17, 15) is 14.7 Å². The predicted octanol–water partition coefficient (Wildman–Crippen LogP) is 4.57. The number of aryl methyl sites for hydroxylation is 1. The van der Waals surface area contributed by atoms with E-state index in [1.807, 2.05) is 19.1 Å². The molecule has 7 heteroatoms. The van der Waals surface area contributed by atoms with Crippen LogP contribution in [-0.2, 0) is 4.57 Å². The van der Waals surface area contributed by atoms with E-state index in [4.69, 9.17) is 9.05 Å². The first-order valence-electron chi connectivity index (χ1n) is 6.71. The van der Waals surface area contributed by atoms with Gasteiger partial charge in [0.1, 0.15) is 11.5 Å². The average molecular weight is 321 g/mol. The van der Waals surface area contributed by atoms with Gasteiger partial charge in [-0.2, -0.15) is 0 Å². The molecule has 0 amide bonds. The lowest BCUT2D eigenvalue weighted by Crippen LogP contribution is -2.03. The smallest absolute Gasteiger partial charge is 0.416 e. The maximum atomic E-state index is 12.6. The van der Waals surface area contributed by atoms with Gasteiger partial charge in [0.05, 0.1) is 11.1 Å². The molecule has 22 heavy (non-hydrogen) atoms. The van der Waals surface area contributed by atoms with Crippen LogP contribution in [0.25, 0.3) is 0 Å². The molecule has 1 atom stereocenters. The summed E-state index contributed by atoms with van der Waals surface area (Å²) < 4.78 is 23.6. The Morgan fingerprint density at radius 1 is 1.00 bits per heavy atom. The zero-order valence-electron chi connectivity index (χ0n) is 12.3. The monoisotopic (exact) mass is 321 g/mol. The largest absolute Gasteiger partial charge is 0.430 e. The predicted molar refractivity (Wildman–Crippen MR) is 83.7 cm³/mol. The van der Waals surface area contributed by atoms with Gasteiger partial charge in [-0.25, -0.2) is 4.57 Å². The number of nitro benzene ring substituents is 1. The number of hydrogen-bond acceptors (Lipinski definition) is 5. The van der Waals surface area contributed by atoms with Crippen molar-refractivity contribution in [1.82, 2.24) is 0 Å². The highest BCUT2D eigenvalue weighted by atomic mass is 31.2. The minimum atomic E-state index is -3.37. The summed E-state index contributed by atoms with van der Waals surface area (Å²) in [7, 11) is -3.37. The van der Waals surface area contributed by atoms with Crippen LogP contribution in [-0.4, -0.2) is 11.1 Å². The lowest BCUT2D eigenvalue weighted by molar-refractivity contribution is -0.384. The van der Waals surface area contributed by atoms with Gasteiger partial charge in [0.25, 0.3) is 5.69 Å². The van der Waals surface area contributed by atoms with Gasteiger partial charge in [-0.3, -0.25) is 10.1 Å². The van der Waals surface area contributed by atoms with Gasteiger partial charge in [0.2, 0.25) is 0 Å². The van der Waals surface area contributed by atoms with Crippen LogP contribution in [0, 0.1) is 17.0 Å². The van der Waals surface area contributed by atoms with E-state index in [0.717, 1.165) is 5.56 Å². The van der Waals surface area contributed by atoms with Gasteiger partial charge >= 0.3 is 7.60 Å². The Hall–Kier alpha value is -2.33. The normalized spacial score (nSPS) is 13.2. The van der Waals surface area contributed by atoms with Crippen molar-refractivity contribution in [3.05, 3.63) is 64.2 Å². The molecule has 2 aromatic carbocycles. The highest BCUT2D eigenvalue weighted by molar-refractivity contribution is 7.54. The molecule has 0 N–H and O–H groups in total. The second-order valence-corrected chi connectivity index (χ2v) is 6.89. The molecule has 0 bridgehead atoms. The molecule has 0 aromatic heterocycles. The maximum absolute atomic E-state index is 12.6. The maximum Gasteiger partial charge on any atom is 0.430 e. The molecular weight excluding hydrogens is 305 g/mol. The first kappa shape index (κ1) is 16.0. The minimum Gasteiger partial charge on any atom is -0.416 e. The summed E-state index contributed by atoms with van der Waals surface area (Å²) in [5.74, 6) is 0.723. The van der Waals surface area contributed by atoms with Crippen LogP contribution in [0.1, 0.15) is 12.5 Å². The average Bonchev–Trinajstić information content (AvgIpc) is 2.50. The zero-order chi connectivity index (χ0) is 16.2. The summed E-state index contributed by atoms with van der Waals surface area (Å²) in [5.41, 5.74) is 1.01. The molecule has 0 radical (unpaired) electrons. The second kappa shape index (κ2) is 6.62. The Labute approximate surface area is 128 Å². The van der Waals surface area contributed by atoms with Crippen LogP contribution in [0.5, 0.6) is 11.5 Å². The number of non-ortho nitro benzene ring substituents is 1. The van der Waals surface area contributed by atoms with Gasteiger partial charge < -0.3 is 9.05 Å². The Kier molecular flexibility index (Phi) is 4.83. The van der Waals surface area contributed by atoms with E-state index in [1.165, 1.54) is 24.3 Å². The fourth-order valence-corrected chi connectivity index (χ4v) is 2.88. The summed E-state index contributed by atoms with van der Waals surface area (Å²) in [6.07, 6.45) is 0.178. The molecule has 2 aromatic rings. The molecule has 0 saturated carbocycles. The summed E-state index contributed by atoms with van der Waals surface area (Å²) in [6.45, 7) is 3.64. The number of nitrogens with zero attached hydrogens (tertiary/aromatic N) is 1. The van der Waals surface area contributed by atoms with Crippen molar-refractivity contribution in [2.75, 3.05) is 6.16 Å². The third-order valence-electron chi connectivity index (χ3n) is 2.94. The fraction of sp³-hybridized carbons (Fsp3) is 0.200. The molecule has 116 valence electrons. The van der Waals surface area contributed by atoms with Crippen molar-refractivity contribution >= 4 is 13.3 Å². The Bertz CT molecular complexity index is 697. The molecule has 2 rings (SSSR count). The molecule has 0 fully saturated rings. The topological polar surface area (TPSA) is 78.7 Å². The van der Waals surface area contributed by atoms with E-state index in [-0.39, 0.29) is 17.6 Å². The van der Waals surface area contributed by atoms with Crippen LogP contribution < -0.4 is 9.05 Å². The molecule has 6 nitrogen and oxygen atoms in total. The molecule has 0 aliphatic heterocycles. The van der Waals surface area contributed by atoms with E-state index in [0.29, 0.717) is 5.75 Å². The van der Waals surface area contributed by atoms with Gasteiger partial charge in [0, 0.05) is 12.1 Å². The number of rotatable bonds is 6. The SMILES string of the molecule is CCP(=O)(Oc1ccc(C)cc1)Oc1ccc([N+](=O)[O-])cc1. The number of nitro groups is 1. The second-order valence-electron chi connectivity index (χ2n) is 4.67. The highest BCUT2D eigenvalue weighted by Crippen LogP contribution is 2.48. The Morgan fingerprint density at radius 3 is 1.86 bits per heavy atom. The summed E-state index contributed by atoms with van der Waals surface area (Å²) in [6, 6.07) is 12.5. The lowest BCUT2D eigenvalue weighted by atomic mass is 10.2. The molecule has 0 spiro atoms. The van der Waals surface area contributed by atoms with Crippen LogP contribution >= 0.6 is 7.60 Å². The van der Waals surface area contributed by atoms with Crippen molar-refractivity contribution in [2.45, 2.75) is 13.8 Å². The van der Waals surface area contributed by atoms with Crippen LogP contribution in [0.15, 0.2) is 48.5 Å². The van der Waals surface area contributed by atoms with Gasteiger partial charge in [-0.1, -0.05) is 24.6 Å². The van der Waals surface area contributed by atoms with E-state index < -0.39 is 12.5 Å². The summed E-state index contributed by atoms with van der Waals surface area (Å²) in [4.78, 5) is 10.1. The van der Waals surface area contributed by atoms with Crippen LogP contribution in [0.4, 0.5) is 5.69 Å². The van der Waals surface area contributed by atoms with E-state index in [1.54, 1.807) is 19.1 Å². The molecule has 0 heterocycles. The Balaban J connectivity index is 2.14. The van der Waals surface area contributed by atoms with Crippen molar-refractivity contribution in [3.8, 4) is 11.5 Å². The Morgan fingerprint density at radius 2 is 1.45 bits per heavy atom. The molecular formula is C15H16NO5P. The van der Waals surface area contributed by atoms with Gasteiger partial charge in [0.15, 0.2) is 0 Å². The fourth-order valence-electron chi connectivity index (χ4n) is 1.70. The van der Waals surface area contributed by atoms with Crippen molar-refractivity contribution in [1.29, 1.82) is 0 Å². The molecule has 1 unspecified atom stereocenters. The van der Waals surface area contributed by atoms with Crippen molar-refractivity contribution in [3.63, 3.8) is 0 Å².